The molecule has 2 aromatic carbocycles. The summed E-state index contributed by atoms with van der Waals surface area (Å²) < 4.78 is 39.9. The number of thioether (sulfide) groups is 1. The molecule has 0 atom stereocenters. The van der Waals surface area contributed by atoms with Crippen LogP contribution in [0.4, 0.5) is 24.5 Å². The Morgan fingerprint density at radius 3 is 1.98 bits per heavy atom. The second-order valence-corrected chi connectivity index (χ2v) is 9.92. The molecular weight excluding hydrogens is 531 g/mol. The number of nitrogens with zero attached hydrogens (tertiary/aromatic N) is 3. The molecule has 228 valence electrons. The summed E-state index contributed by atoms with van der Waals surface area (Å²) in [6, 6.07) is 13.4. The number of rotatable bonds is 11. The third-order valence-corrected chi connectivity index (χ3v) is 6.86. The molecule has 2 aromatic rings. The number of piperazine rings is 1. The Labute approximate surface area is 246 Å². The van der Waals surface area contributed by atoms with E-state index >= 15 is 0 Å². The van der Waals surface area contributed by atoms with E-state index < -0.39 is 11.7 Å². The summed E-state index contributed by atoms with van der Waals surface area (Å²) in [6.07, 6.45) is -0.872. The van der Waals surface area contributed by atoms with Gasteiger partial charge in [0.25, 0.3) is 0 Å². The van der Waals surface area contributed by atoms with Crippen LogP contribution in [0.2, 0.25) is 0 Å². The molecule has 4 nitrogen and oxygen atoms in total. The predicted molar refractivity (Wildman–Crippen MR) is 170 cm³/mol. The van der Waals surface area contributed by atoms with Gasteiger partial charge in [-0.15, -0.1) is 0 Å². The highest BCUT2D eigenvalue weighted by molar-refractivity contribution is 8.11. The van der Waals surface area contributed by atoms with Gasteiger partial charge in [-0.25, -0.2) is 0 Å². The van der Waals surface area contributed by atoms with Crippen LogP contribution in [0.1, 0.15) is 71.9 Å². The fourth-order valence-corrected chi connectivity index (χ4v) is 4.48. The number of hydrogen-bond donors (Lipinski definition) is 0. The van der Waals surface area contributed by atoms with Crippen LogP contribution in [-0.4, -0.2) is 67.0 Å². The lowest BCUT2D eigenvalue weighted by Gasteiger charge is -2.35. The largest absolute Gasteiger partial charge is 0.416 e. The van der Waals surface area contributed by atoms with Crippen LogP contribution < -0.4 is 4.90 Å². The van der Waals surface area contributed by atoms with Crippen LogP contribution in [0.5, 0.6) is 0 Å². The molecule has 0 N–H and O–H groups in total. The summed E-state index contributed by atoms with van der Waals surface area (Å²) in [6.45, 7) is 20.7. The second kappa shape index (κ2) is 22.6. The molecular formula is C32H52F3N3OS. The first kappa shape index (κ1) is 38.0. The van der Waals surface area contributed by atoms with Crippen molar-refractivity contribution in [2.45, 2.75) is 73.9 Å². The van der Waals surface area contributed by atoms with Crippen LogP contribution in [0.15, 0.2) is 48.5 Å². The van der Waals surface area contributed by atoms with Crippen molar-refractivity contribution in [1.29, 1.82) is 0 Å². The Hall–Kier alpha value is -2.03. The van der Waals surface area contributed by atoms with E-state index in [1.165, 1.54) is 36.7 Å². The summed E-state index contributed by atoms with van der Waals surface area (Å²) in [5.41, 5.74) is 2.79. The maximum atomic E-state index is 13.3. The zero-order valence-electron chi connectivity index (χ0n) is 25.8. The maximum Gasteiger partial charge on any atom is 0.416 e. The van der Waals surface area contributed by atoms with E-state index in [9.17, 15) is 18.0 Å². The Morgan fingerprint density at radius 2 is 1.45 bits per heavy atom. The van der Waals surface area contributed by atoms with Crippen LogP contribution in [-0.2, 0) is 11.0 Å². The molecule has 8 heteroatoms. The van der Waals surface area contributed by atoms with Gasteiger partial charge < -0.3 is 9.80 Å². The number of unbranched alkanes of at least 4 members (excludes halogenated alkanes) is 1. The third-order valence-electron chi connectivity index (χ3n) is 6.31. The summed E-state index contributed by atoms with van der Waals surface area (Å²) in [4.78, 5) is 17.2. The van der Waals surface area contributed by atoms with Crippen molar-refractivity contribution < 1.29 is 18.0 Å². The average Bonchev–Trinajstić information content (AvgIpc) is 2.99. The molecule has 1 aliphatic heterocycles. The number of aryl methyl sites for hydroxylation is 1. The predicted octanol–water partition coefficient (Wildman–Crippen LogP) is 8.94. The molecule has 0 radical (unpaired) electrons. The number of halogens is 3. The van der Waals surface area contributed by atoms with Crippen molar-refractivity contribution in [2.75, 3.05) is 56.5 Å². The molecule has 40 heavy (non-hydrogen) atoms. The van der Waals surface area contributed by atoms with Crippen LogP contribution in [0, 0.1) is 6.92 Å². The van der Waals surface area contributed by atoms with E-state index in [2.05, 4.69) is 23.6 Å². The molecule has 0 aromatic heterocycles. The molecule has 0 spiro atoms. The summed E-state index contributed by atoms with van der Waals surface area (Å²) in [7, 11) is 0. The fraction of sp³-hybridized carbons (Fsp3) is 0.594. The number of anilines is 2. The van der Waals surface area contributed by atoms with Crippen molar-refractivity contribution >= 4 is 28.8 Å². The van der Waals surface area contributed by atoms with Gasteiger partial charge in [0.1, 0.15) is 0 Å². The van der Waals surface area contributed by atoms with E-state index in [0.29, 0.717) is 12.2 Å². The molecule has 0 saturated carbocycles. The van der Waals surface area contributed by atoms with Crippen molar-refractivity contribution in [3.05, 3.63) is 59.7 Å². The van der Waals surface area contributed by atoms with E-state index in [0.717, 1.165) is 74.4 Å². The first-order chi connectivity index (χ1) is 19.3. The summed E-state index contributed by atoms with van der Waals surface area (Å²) >= 11 is 1.31. The standard InChI is InChI=1S/C24H30F3N3OS.C4H10.2C2H6/c1-20-6-2-3-9-23(20)30(22-8-4-7-21(18-22)24(25,26)27)11-5-10-28-12-14-29(15-13-28)16-17-32-19-31;1-3-4-2;2*1-2/h2-4,6-9,18-19H,5,10-17H2,1H3;3-4H2,1-2H3;2*1-2H3. The van der Waals surface area contributed by atoms with E-state index in [-0.39, 0.29) is 0 Å². The molecule has 0 unspecified atom stereocenters. The minimum Gasteiger partial charge on any atom is -0.341 e. The lowest BCUT2D eigenvalue weighted by molar-refractivity contribution is -0.137. The molecule has 0 bridgehead atoms. The zero-order chi connectivity index (χ0) is 30.4. The molecule has 1 saturated heterocycles. The number of carbonyl (C=O) groups excluding carboxylic acids is 1. The Balaban J connectivity index is 0.00000171. The maximum absolute atomic E-state index is 13.3. The molecule has 1 heterocycles. The van der Waals surface area contributed by atoms with Gasteiger partial charge in [0.2, 0.25) is 0 Å². The van der Waals surface area contributed by atoms with Crippen LogP contribution in [0.3, 0.4) is 0 Å². The van der Waals surface area contributed by atoms with Crippen LogP contribution in [0.25, 0.3) is 0 Å². The van der Waals surface area contributed by atoms with Crippen molar-refractivity contribution in [3.63, 3.8) is 0 Å². The molecule has 0 aliphatic carbocycles. The number of hydrogen-bond acceptors (Lipinski definition) is 5. The van der Waals surface area contributed by atoms with E-state index in [1.807, 2.05) is 63.8 Å². The zero-order valence-corrected chi connectivity index (χ0v) is 26.6. The molecule has 3 rings (SSSR count). The normalized spacial score (nSPS) is 13.6. The first-order valence-corrected chi connectivity index (χ1v) is 15.8. The number of para-hydroxylation sites is 1. The lowest BCUT2D eigenvalue weighted by Crippen LogP contribution is -2.47. The molecule has 0 amide bonds. The minimum atomic E-state index is -4.36. The van der Waals surface area contributed by atoms with Gasteiger partial charge in [-0.3, -0.25) is 9.69 Å². The van der Waals surface area contributed by atoms with Gasteiger partial charge in [0, 0.05) is 56.4 Å². The smallest absolute Gasteiger partial charge is 0.341 e. The highest BCUT2D eigenvalue weighted by Crippen LogP contribution is 2.34. The Morgan fingerprint density at radius 1 is 0.875 bits per heavy atom. The van der Waals surface area contributed by atoms with Gasteiger partial charge in [0.05, 0.1) is 5.56 Å². The molecule has 1 aliphatic rings. The SMILES string of the molecule is CC.CC.CCCC.Cc1ccccc1N(CCCN1CCN(CCSC=O)CC1)c1cccc(C(F)(F)F)c1. The molecule has 1 fully saturated rings. The van der Waals surface area contributed by atoms with Crippen LogP contribution >= 0.6 is 11.8 Å². The number of alkyl halides is 3. The van der Waals surface area contributed by atoms with Crippen molar-refractivity contribution in [1.82, 2.24) is 9.80 Å². The number of carbonyl (C=O) groups is 1. The first-order valence-electron chi connectivity index (χ1n) is 14.8. The lowest BCUT2D eigenvalue weighted by atomic mass is 10.1. The highest BCUT2D eigenvalue weighted by atomic mass is 32.2. The summed E-state index contributed by atoms with van der Waals surface area (Å²) in [5, 5.41) is 0. The van der Waals surface area contributed by atoms with Gasteiger partial charge in [-0.2, -0.15) is 13.2 Å². The topological polar surface area (TPSA) is 26.8 Å². The highest BCUT2D eigenvalue weighted by Gasteiger charge is 2.31. The minimum absolute atomic E-state index is 0.562. The second-order valence-electron chi connectivity index (χ2n) is 8.99. The van der Waals surface area contributed by atoms with Gasteiger partial charge in [-0.1, -0.05) is 90.4 Å². The van der Waals surface area contributed by atoms with Crippen molar-refractivity contribution in [3.8, 4) is 0 Å². The Kier molecular flexibility index (Phi) is 21.5. The van der Waals surface area contributed by atoms with Gasteiger partial charge >= 0.3 is 6.18 Å². The Bertz CT molecular complexity index is 901. The van der Waals surface area contributed by atoms with Crippen molar-refractivity contribution in [2.24, 2.45) is 0 Å². The quantitative estimate of drug-likeness (QED) is 0.194. The average molecular weight is 584 g/mol. The van der Waals surface area contributed by atoms with E-state index in [4.69, 9.17) is 0 Å². The van der Waals surface area contributed by atoms with E-state index in [1.54, 1.807) is 6.07 Å². The summed E-state index contributed by atoms with van der Waals surface area (Å²) in [5.74, 6) is 0.825. The fourth-order valence-electron chi connectivity index (χ4n) is 4.02. The van der Waals surface area contributed by atoms with Gasteiger partial charge in [-0.05, 0) is 49.7 Å². The monoisotopic (exact) mass is 583 g/mol. The third kappa shape index (κ3) is 14.6. The number of benzene rings is 2. The van der Waals surface area contributed by atoms with Gasteiger partial charge in [0.15, 0.2) is 5.62 Å².